The van der Waals surface area contributed by atoms with Gasteiger partial charge < -0.3 is 15.5 Å². The van der Waals surface area contributed by atoms with Gasteiger partial charge in [-0.05, 0) is 49.1 Å². The van der Waals surface area contributed by atoms with Crippen molar-refractivity contribution in [3.63, 3.8) is 0 Å². The molecule has 0 bridgehead atoms. The first kappa shape index (κ1) is 11.9. The fourth-order valence-corrected chi connectivity index (χ4v) is 2.33. The number of carboxylic acids is 1. The zero-order valence-electron chi connectivity index (χ0n) is 9.65. The summed E-state index contributed by atoms with van der Waals surface area (Å²) in [6.07, 6.45) is 2.85. The first-order valence-electron chi connectivity index (χ1n) is 5.94. The second-order valence-corrected chi connectivity index (χ2v) is 4.43. The summed E-state index contributed by atoms with van der Waals surface area (Å²) in [5, 5.41) is 21.3. The molecule has 17 heavy (non-hydrogen) atoms. The Morgan fingerprint density at radius 3 is 3.06 bits per heavy atom. The van der Waals surface area contributed by atoms with Gasteiger partial charge in [-0.3, -0.25) is 4.79 Å². The molecule has 0 spiro atoms. The third-order valence-corrected chi connectivity index (χ3v) is 3.16. The maximum Gasteiger partial charge on any atom is 0.303 e. The number of nitrogens with one attached hydrogen (secondary N) is 1. The SMILES string of the molecule is O=C(O)CCCNC1CCc2cc(O)ccc21. The summed E-state index contributed by atoms with van der Waals surface area (Å²) in [6, 6.07) is 5.77. The molecule has 1 unspecified atom stereocenters. The van der Waals surface area contributed by atoms with Crippen LogP contribution in [0.4, 0.5) is 0 Å². The number of carbonyl (C=O) groups is 1. The topological polar surface area (TPSA) is 69.6 Å². The molecule has 0 fully saturated rings. The van der Waals surface area contributed by atoms with E-state index in [4.69, 9.17) is 5.11 Å². The Hall–Kier alpha value is -1.55. The number of aliphatic carboxylic acids is 1. The van der Waals surface area contributed by atoms with E-state index in [1.807, 2.05) is 12.1 Å². The summed E-state index contributed by atoms with van der Waals surface area (Å²) in [7, 11) is 0. The van der Waals surface area contributed by atoms with Crippen LogP contribution in [0.15, 0.2) is 18.2 Å². The Morgan fingerprint density at radius 1 is 1.47 bits per heavy atom. The van der Waals surface area contributed by atoms with Crippen LogP contribution in [0.25, 0.3) is 0 Å². The van der Waals surface area contributed by atoms with E-state index in [0.717, 1.165) is 19.4 Å². The molecule has 0 radical (unpaired) electrons. The predicted octanol–water partition coefficient (Wildman–Crippen LogP) is 1.83. The molecule has 0 amide bonds. The summed E-state index contributed by atoms with van der Waals surface area (Å²) < 4.78 is 0. The van der Waals surface area contributed by atoms with Crippen LogP contribution in [-0.4, -0.2) is 22.7 Å². The van der Waals surface area contributed by atoms with Crippen LogP contribution in [0.5, 0.6) is 5.75 Å². The molecule has 1 aromatic carbocycles. The minimum absolute atomic E-state index is 0.210. The molecule has 0 aromatic heterocycles. The van der Waals surface area contributed by atoms with E-state index < -0.39 is 5.97 Å². The van der Waals surface area contributed by atoms with E-state index in [9.17, 15) is 9.90 Å². The number of hydrogen-bond acceptors (Lipinski definition) is 3. The molecule has 0 aliphatic heterocycles. The van der Waals surface area contributed by atoms with Crippen LogP contribution >= 0.6 is 0 Å². The maximum absolute atomic E-state index is 10.4. The molecule has 0 heterocycles. The van der Waals surface area contributed by atoms with Crippen LogP contribution in [0.1, 0.15) is 36.4 Å². The Bertz CT molecular complexity index is 417. The number of rotatable bonds is 5. The van der Waals surface area contributed by atoms with Crippen LogP contribution in [0.2, 0.25) is 0 Å². The van der Waals surface area contributed by atoms with Crippen molar-refractivity contribution in [1.29, 1.82) is 0 Å². The molecule has 4 nitrogen and oxygen atoms in total. The quantitative estimate of drug-likeness (QED) is 0.681. The van der Waals surface area contributed by atoms with Crippen molar-refractivity contribution in [2.75, 3.05) is 6.54 Å². The van der Waals surface area contributed by atoms with Crippen molar-refractivity contribution < 1.29 is 15.0 Å². The average Bonchev–Trinajstić information content (AvgIpc) is 2.66. The molecule has 1 aromatic rings. The van der Waals surface area contributed by atoms with Gasteiger partial charge in [0.2, 0.25) is 0 Å². The summed E-state index contributed by atoms with van der Waals surface area (Å²) in [6.45, 7) is 0.720. The van der Waals surface area contributed by atoms with Gasteiger partial charge in [0, 0.05) is 12.5 Å². The lowest BCUT2D eigenvalue weighted by Gasteiger charge is -2.13. The van der Waals surface area contributed by atoms with Gasteiger partial charge in [-0.25, -0.2) is 0 Å². The number of fused-ring (bicyclic) bond motifs is 1. The van der Waals surface area contributed by atoms with Gasteiger partial charge in [0.15, 0.2) is 0 Å². The molecule has 0 saturated carbocycles. The number of phenols is 1. The Morgan fingerprint density at radius 2 is 2.29 bits per heavy atom. The summed E-state index contributed by atoms with van der Waals surface area (Å²) in [5.74, 6) is -0.432. The molecule has 2 rings (SSSR count). The lowest BCUT2D eigenvalue weighted by Crippen LogP contribution is -2.21. The lowest BCUT2D eigenvalue weighted by atomic mass is 10.1. The standard InChI is InChI=1S/C13H17NO3/c15-10-4-5-11-9(8-10)3-6-12(11)14-7-1-2-13(16)17/h4-5,8,12,14-15H,1-3,6-7H2,(H,16,17). The molecule has 1 atom stereocenters. The number of carboxylic acid groups (broad SMARTS) is 1. The monoisotopic (exact) mass is 235 g/mol. The van der Waals surface area contributed by atoms with E-state index in [-0.39, 0.29) is 6.42 Å². The smallest absolute Gasteiger partial charge is 0.303 e. The molecule has 0 saturated heterocycles. The highest BCUT2D eigenvalue weighted by Crippen LogP contribution is 2.33. The fraction of sp³-hybridized carbons (Fsp3) is 0.462. The number of hydrogen-bond donors (Lipinski definition) is 3. The van der Waals surface area contributed by atoms with Crippen molar-refractivity contribution in [2.45, 2.75) is 31.7 Å². The van der Waals surface area contributed by atoms with Gasteiger partial charge >= 0.3 is 5.97 Å². The summed E-state index contributed by atoms with van der Waals surface area (Å²) in [4.78, 5) is 10.4. The minimum Gasteiger partial charge on any atom is -0.508 e. The molecule has 3 N–H and O–H groups in total. The van der Waals surface area contributed by atoms with Crippen molar-refractivity contribution in [2.24, 2.45) is 0 Å². The van der Waals surface area contributed by atoms with Gasteiger partial charge in [0.25, 0.3) is 0 Å². The van der Waals surface area contributed by atoms with E-state index in [1.165, 1.54) is 11.1 Å². The summed E-state index contributed by atoms with van der Waals surface area (Å²) >= 11 is 0. The van der Waals surface area contributed by atoms with Crippen molar-refractivity contribution in [3.05, 3.63) is 29.3 Å². The van der Waals surface area contributed by atoms with Gasteiger partial charge in [-0.1, -0.05) is 6.07 Å². The highest BCUT2D eigenvalue weighted by atomic mass is 16.4. The maximum atomic E-state index is 10.4. The third kappa shape index (κ3) is 2.97. The first-order chi connectivity index (χ1) is 8.16. The van der Waals surface area contributed by atoms with Gasteiger partial charge in [-0.15, -0.1) is 0 Å². The van der Waals surface area contributed by atoms with Crippen LogP contribution in [0, 0.1) is 0 Å². The molecular weight excluding hydrogens is 218 g/mol. The second-order valence-electron chi connectivity index (χ2n) is 4.43. The van der Waals surface area contributed by atoms with Gasteiger partial charge in [-0.2, -0.15) is 0 Å². The van der Waals surface area contributed by atoms with Crippen molar-refractivity contribution in [1.82, 2.24) is 5.32 Å². The minimum atomic E-state index is -0.747. The second kappa shape index (κ2) is 5.19. The molecule has 1 aliphatic rings. The highest BCUT2D eigenvalue weighted by molar-refractivity contribution is 5.66. The van der Waals surface area contributed by atoms with Gasteiger partial charge in [0.1, 0.15) is 5.75 Å². The van der Waals surface area contributed by atoms with E-state index in [0.29, 0.717) is 18.2 Å². The van der Waals surface area contributed by atoms with E-state index >= 15 is 0 Å². The van der Waals surface area contributed by atoms with Crippen molar-refractivity contribution in [3.8, 4) is 5.75 Å². The normalized spacial score (nSPS) is 18.0. The van der Waals surface area contributed by atoms with Gasteiger partial charge in [0.05, 0.1) is 0 Å². The molecule has 4 heteroatoms. The third-order valence-electron chi connectivity index (χ3n) is 3.16. The van der Waals surface area contributed by atoms with E-state index in [2.05, 4.69) is 5.32 Å². The zero-order chi connectivity index (χ0) is 12.3. The average molecular weight is 235 g/mol. The summed E-state index contributed by atoms with van der Waals surface area (Å²) in [5.41, 5.74) is 2.43. The number of benzene rings is 1. The number of aryl methyl sites for hydroxylation is 1. The van der Waals surface area contributed by atoms with Crippen LogP contribution in [0.3, 0.4) is 0 Å². The fourth-order valence-electron chi connectivity index (χ4n) is 2.33. The molecule has 92 valence electrons. The van der Waals surface area contributed by atoms with E-state index in [1.54, 1.807) is 6.07 Å². The zero-order valence-corrected chi connectivity index (χ0v) is 9.65. The van der Waals surface area contributed by atoms with Crippen molar-refractivity contribution >= 4 is 5.97 Å². The Kier molecular flexibility index (Phi) is 3.64. The molecular formula is C13H17NO3. The predicted molar refractivity (Wildman–Crippen MR) is 64.0 cm³/mol. The van der Waals surface area contributed by atoms with Crippen LogP contribution < -0.4 is 5.32 Å². The molecule has 1 aliphatic carbocycles. The van der Waals surface area contributed by atoms with Crippen LogP contribution in [-0.2, 0) is 11.2 Å². The highest BCUT2D eigenvalue weighted by Gasteiger charge is 2.21. The number of phenolic OH excluding ortho intramolecular Hbond substituents is 1. The Labute approximate surface area is 100 Å². The Balaban J connectivity index is 1.87. The first-order valence-corrected chi connectivity index (χ1v) is 5.94. The number of aromatic hydroxyl groups is 1. The lowest BCUT2D eigenvalue weighted by molar-refractivity contribution is -0.137. The largest absolute Gasteiger partial charge is 0.508 e.